The zero-order valence-electron chi connectivity index (χ0n) is 16.0. The molecule has 0 aliphatic heterocycles. The minimum Gasteiger partial charge on any atom is -0.405 e. The van der Waals surface area contributed by atoms with Crippen molar-refractivity contribution in [2.24, 2.45) is 0 Å². The number of fused-ring (bicyclic) bond motifs is 1. The number of aromatic amines is 1. The van der Waals surface area contributed by atoms with Gasteiger partial charge in [-0.25, -0.2) is 14.4 Å². The number of ether oxygens (including phenoxy) is 1. The molecule has 0 bridgehead atoms. The standard InChI is InChI=1S/C19H10ClF4N5O3S/c20-9-5-11-12(6-10(9)21)26-17(25-11)28-16(31)13-7-33-18(27-13)29-15(30)8-3-1-2-4-14(8)32-19(22,23)24/h1-7H,(H,27,29,30)(H2,25,26,28,31). The van der Waals surface area contributed by atoms with Crippen LogP contribution < -0.4 is 15.4 Å². The Morgan fingerprint density at radius 1 is 1.09 bits per heavy atom. The number of thiazole rings is 1. The Morgan fingerprint density at radius 2 is 1.85 bits per heavy atom. The first kappa shape index (κ1) is 22.5. The van der Waals surface area contributed by atoms with Crippen LogP contribution in [0.5, 0.6) is 5.75 Å². The van der Waals surface area contributed by atoms with Crippen molar-refractivity contribution in [1.82, 2.24) is 15.0 Å². The first-order valence-electron chi connectivity index (χ1n) is 8.87. The summed E-state index contributed by atoms with van der Waals surface area (Å²) < 4.78 is 55.1. The molecule has 14 heteroatoms. The fraction of sp³-hybridized carbons (Fsp3) is 0.0526. The molecule has 0 fully saturated rings. The number of benzene rings is 2. The van der Waals surface area contributed by atoms with Crippen LogP contribution in [-0.4, -0.2) is 33.1 Å². The molecule has 33 heavy (non-hydrogen) atoms. The number of hydrogen-bond acceptors (Lipinski definition) is 6. The molecule has 0 atom stereocenters. The van der Waals surface area contributed by atoms with E-state index in [2.05, 4.69) is 30.3 Å². The highest BCUT2D eigenvalue weighted by molar-refractivity contribution is 7.14. The van der Waals surface area contributed by atoms with Gasteiger partial charge >= 0.3 is 6.36 Å². The molecule has 3 N–H and O–H groups in total. The molecule has 4 rings (SSSR count). The third-order valence-electron chi connectivity index (χ3n) is 4.07. The number of anilines is 2. The summed E-state index contributed by atoms with van der Waals surface area (Å²) >= 11 is 6.58. The molecule has 0 aliphatic carbocycles. The molecule has 0 saturated heterocycles. The van der Waals surface area contributed by atoms with Crippen molar-refractivity contribution in [3.63, 3.8) is 0 Å². The van der Waals surface area contributed by atoms with Crippen LogP contribution in [0.3, 0.4) is 0 Å². The Labute approximate surface area is 190 Å². The number of nitrogens with zero attached hydrogens (tertiary/aromatic N) is 2. The van der Waals surface area contributed by atoms with Gasteiger partial charge in [-0.15, -0.1) is 24.5 Å². The maximum Gasteiger partial charge on any atom is 0.573 e. The van der Waals surface area contributed by atoms with Gasteiger partial charge < -0.3 is 9.72 Å². The summed E-state index contributed by atoms with van der Waals surface area (Å²) in [6.07, 6.45) is -4.98. The van der Waals surface area contributed by atoms with Crippen LogP contribution in [0.2, 0.25) is 5.02 Å². The topological polar surface area (TPSA) is 109 Å². The number of carbonyl (C=O) groups excluding carboxylic acids is 2. The summed E-state index contributed by atoms with van der Waals surface area (Å²) in [5.41, 5.74) is 0.157. The van der Waals surface area contributed by atoms with Gasteiger partial charge in [0.2, 0.25) is 5.95 Å². The van der Waals surface area contributed by atoms with Crippen molar-refractivity contribution in [1.29, 1.82) is 0 Å². The monoisotopic (exact) mass is 499 g/mol. The summed E-state index contributed by atoms with van der Waals surface area (Å²) in [5, 5.41) is 5.91. The molecule has 2 aromatic carbocycles. The highest BCUT2D eigenvalue weighted by atomic mass is 35.5. The zero-order chi connectivity index (χ0) is 23.8. The zero-order valence-corrected chi connectivity index (χ0v) is 17.5. The number of amides is 2. The Bertz CT molecular complexity index is 1330. The minimum absolute atomic E-state index is 0.00785. The van der Waals surface area contributed by atoms with Gasteiger partial charge in [0.05, 0.1) is 21.6 Å². The van der Waals surface area contributed by atoms with Gasteiger partial charge in [0.25, 0.3) is 11.8 Å². The molecule has 170 valence electrons. The van der Waals surface area contributed by atoms with Gasteiger partial charge in [0.15, 0.2) is 5.13 Å². The van der Waals surface area contributed by atoms with Crippen molar-refractivity contribution >= 4 is 56.9 Å². The number of carbonyl (C=O) groups is 2. The Kier molecular flexibility index (Phi) is 5.91. The lowest BCUT2D eigenvalue weighted by Crippen LogP contribution is -2.21. The van der Waals surface area contributed by atoms with E-state index in [1.807, 2.05) is 0 Å². The molecule has 4 aromatic rings. The first-order valence-corrected chi connectivity index (χ1v) is 10.1. The number of para-hydroxylation sites is 1. The maximum absolute atomic E-state index is 13.5. The molecular formula is C19H10ClF4N5O3S. The minimum atomic E-state index is -4.98. The first-order chi connectivity index (χ1) is 15.6. The molecule has 0 saturated carbocycles. The van der Waals surface area contributed by atoms with Crippen LogP contribution >= 0.6 is 22.9 Å². The SMILES string of the molecule is O=C(Nc1nc2cc(Cl)c(F)cc2[nH]1)c1csc(NC(=O)c2ccccc2OC(F)(F)F)n1. The van der Waals surface area contributed by atoms with Crippen molar-refractivity contribution in [2.75, 3.05) is 10.6 Å². The van der Waals surface area contributed by atoms with Crippen LogP contribution in [0, 0.1) is 5.82 Å². The summed E-state index contributed by atoms with van der Waals surface area (Å²) in [5.74, 6) is -2.94. The van der Waals surface area contributed by atoms with E-state index in [1.54, 1.807) is 0 Å². The van der Waals surface area contributed by atoms with Gasteiger partial charge in [-0.3, -0.25) is 20.2 Å². The largest absolute Gasteiger partial charge is 0.573 e. The summed E-state index contributed by atoms with van der Waals surface area (Å²) in [6, 6.07) is 7.20. The number of nitrogens with one attached hydrogen (secondary N) is 3. The van der Waals surface area contributed by atoms with E-state index < -0.39 is 29.7 Å². The molecule has 0 radical (unpaired) electrons. The van der Waals surface area contributed by atoms with Crippen LogP contribution in [0.25, 0.3) is 11.0 Å². The fourth-order valence-electron chi connectivity index (χ4n) is 2.70. The van der Waals surface area contributed by atoms with Crippen LogP contribution in [0.15, 0.2) is 41.8 Å². The third-order valence-corrected chi connectivity index (χ3v) is 5.12. The summed E-state index contributed by atoms with van der Waals surface area (Å²) in [7, 11) is 0. The normalized spacial score (nSPS) is 11.4. The van der Waals surface area contributed by atoms with Gasteiger partial charge in [0.1, 0.15) is 17.3 Å². The highest BCUT2D eigenvalue weighted by Crippen LogP contribution is 2.28. The highest BCUT2D eigenvalue weighted by Gasteiger charge is 2.33. The molecule has 8 nitrogen and oxygen atoms in total. The Balaban J connectivity index is 1.46. The number of halogens is 5. The predicted octanol–water partition coefficient (Wildman–Crippen LogP) is 5.22. The Morgan fingerprint density at radius 3 is 2.61 bits per heavy atom. The van der Waals surface area contributed by atoms with E-state index in [4.69, 9.17) is 11.6 Å². The molecule has 0 unspecified atom stereocenters. The smallest absolute Gasteiger partial charge is 0.405 e. The molecule has 2 heterocycles. The second kappa shape index (κ2) is 8.67. The van der Waals surface area contributed by atoms with Crippen molar-refractivity contribution in [3.05, 3.63) is 63.9 Å². The van der Waals surface area contributed by atoms with Crippen molar-refractivity contribution in [3.8, 4) is 5.75 Å². The van der Waals surface area contributed by atoms with Crippen LogP contribution in [0.4, 0.5) is 28.6 Å². The number of aromatic nitrogens is 3. The van der Waals surface area contributed by atoms with Gasteiger partial charge in [0, 0.05) is 11.4 Å². The van der Waals surface area contributed by atoms with Crippen LogP contribution in [-0.2, 0) is 0 Å². The molecule has 0 spiro atoms. The van der Waals surface area contributed by atoms with Gasteiger partial charge in [-0.1, -0.05) is 23.7 Å². The van der Waals surface area contributed by atoms with E-state index in [0.717, 1.165) is 29.5 Å². The van der Waals surface area contributed by atoms with E-state index in [1.165, 1.54) is 23.6 Å². The number of alkyl halides is 3. The fourth-order valence-corrected chi connectivity index (χ4v) is 3.55. The van der Waals surface area contributed by atoms with Gasteiger partial charge in [-0.2, -0.15) is 0 Å². The molecule has 2 aromatic heterocycles. The Hall–Kier alpha value is -3.71. The number of rotatable bonds is 5. The van der Waals surface area contributed by atoms with E-state index in [-0.39, 0.29) is 27.4 Å². The van der Waals surface area contributed by atoms with Crippen molar-refractivity contribution < 1.29 is 31.9 Å². The van der Waals surface area contributed by atoms with E-state index >= 15 is 0 Å². The number of hydrogen-bond donors (Lipinski definition) is 3. The molecular weight excluding hydrogens is 490 g/mol. The lowest BCUT2D eigenvalue weighted by atomic mass is 10.2. The summed E-state index contributed by atoms with van der Waals surface area (Å²) in [4.78, 5) is 35.5. The average molecular weight is 500 g/mol. The van der Waals surface area contributed by atoms with E-state index in [0.29, 0.717) is 11.0 Å². The quantitative estimate of drug-likeness (QED) is 0.326. The lowest BCUT2D eigenvalue weighted by Gasteiger charge is -2.12. The van der Waals surface area contributed by atoms with Crippen LogP contribution in [0.1, 0.15) is 20.8 Å². The number of imidazole rings is 1. The predicted molar refractivity (Wildman–Crippen MR) is 112 cm³/mol. The number of H-pyrrole nitrogens is 1. The summed E-state index contributed by atoms with van der Waals surface area (Å²) in [6.45, 7) is 0. The van der Waals surface area contributed by atoms with E-state index in [9.17, 15) is 27.2 Å². The average Bonchev–Trinajstić information content (AvgIpc) is 3.34. The molecule has 2 amide bonds. The third kappa shape index (κ3) is 5.21. The second-order valence-corrected chi connectivity index (χ2v) is 7.62. The van der Waals surface area contributed by atoms with Gasteiger partial charge in [-0.05, 0) is 18.2 Å². The molecule has 0 aliphatic rings. The lowest BCUT2D eigenvalue weighted by molar-refractivity contribution is -0.274. The second-order valence-electron chi connectivity index (χ2n) is 6.36. The maximum atomic E-state index is 13.5. The van der Waals surface area contributed by atoms with Crippen molar-refractivity contribution in [2.45, 2.75) is 6.36 Å².